The van der Waals surface area contributed by atoms with Gasteiger partial charge in [-0.1, -0.05) is 6.07 Å². The Hall–Kier alpha value is -2.77. The SMILES string of the molecule is O=C1NOCc2c(-c3ccc([C@H]4CCCNC4)cc3F)[nH]c3cc(F)cc1c23. The third-order valence-electron chi connectivity index (χ3n) is 5.62. The fourth-order valence-electron chi connectivity index (χ4n) is 4.27. The average Bonchev–Trinajstić information content (AvgIpc) is 2.96. The lowest BCUT2D eigenvalue weighted by molar-refractivity contribution is 0.0255. The van der Waals surface area contributed by atoms with Crippen molar-refractivity contribution in [2.45, 2.75) is 25.4 Å². The Kier molecular flexibility index (Phi) is 4.14. The van der Waals surface area contributed by atoms with Crippen LogP contribution in [0.15, 0.2) is 30.3 Å². The molecule has 1 aromatic heterocycles. The first kappa shape index (κ1) is 17.3. The number of hydroxylamine groups is 1. The predicted molar refractivity (Wildman–Crippen MR) is 101 cm³/mol. The third kappa shape index (κ3) is 2.78. The summed E-state index contributed by atoms with van der Waals surface area (Å²) in [6.45, 7) is 1.91. The van der Waals surface area contributed by atoms with Gasteiger partial charge in [0.15, 0.2) is 0 Å². The zero-order chi connectivity index (χ0) is 19.3. The summed E-state index contributed by atoms with van der Waals surface area (Å²) in [6.07, 6.45) is 2.11. The van der Waals surface area contributed by atoms with Gasteiger partial charge in [0.05, 0.1) is 11.3 Å². The van der Waals surface area contributed by atoms with Gasteiger partial charge >= 0.3 is 0 Å². The predicted octanol–water partition coefficient (Wildman–Crippen LogP) is 3.76. The van der Waals surface area contributed by atoms with Gasteiger partial charge in [-0.05, 0) is 55.1 Å². The molecule has 2 aromatic carbocycles. The van der Waals surface area contributed by atoms with E-state index >= 15 is 4.39 Å². The van der Waals surface area contributed by atoms with E-state index in [0.717, 1.165) is 31.5 Å². The number of piperidine rings is 1. The number of carbonyl (C=O) groups excluding carboxylic acids is 1. The summed E-state index contributed by atoms with van der Waals surface area (Å²) >= 11 is 0. The standard InChI is InChI=1S/C21H19F2N3O2/c22-13-7-15-19-16(10-28-26-21(15)27)20(25-18(19)8-13)14-4-3-11(6-17(14)23)12-2-1-5-24-9-12/h3-4,6-8,12,24-25H,1-2,5,9-10H2,(H,26,27)/t12-/m0/s1. The second-order valence-corrected chi connectivity index (χ2v) is 7.36. The second kappa shape index (κ2) is 6.68. The van der Waals surface area contributed by atoms with Gasteiger partial charge in [0.25, 0.3) is 5.91 Å². The molecule has 0 saturated carbocycles. The Morgan fingerprint density at radius 3 is 2.79 bits per heavy atom. The van der Waals surface area contributed by atoms with E-state index in [0.29, 0.717) is 33.6 Å². The van der Waals surface area contributed by atoms with E-state index in [2.05, 4.69) is 15.8 Å². The quantitative estimate of drug-likeness (QED) is 0.631. The van der Waals surface area contributed by atoms with Crippen molar-refractivity contribution in [3.8, 4) is 11.3 Å². The van der Waals surface area contributed by atoms with E-state index in [4.69, 9.17) is 4.84 Å². The molecule has 0 bridgehead atoms. The lowest BCUT2D eigenvalue weighted by atomic mass is 9.90. The smallest absolute Gasteiger partial charge is 0.275 e. The molecule has 5 rings (SSSR count). The fraction of sp³-hybridized carbons (Fsp3) is 0.286. The van der Waals surface area contributed by atoms with Crippen molar-refractivity contribution in [2.24, 2.45) is 0 Å². The van der Waals surface area contributed by atoms with E-state index in [9.17, 15) is 9.18 Å². The first-order valence-corrected chi connectivity index (χ1v) is 9.38. The van der Waals surface area contributed by atoms with Crippen LogP contribution in [-0.2, 0) is 11.4 Å². The molecule has 0 aliphatic carbocycles. The van der Waals surface area contributed by atoms with Crippen LogP contribution in [0.2, 0.25) is 0 Å². The molecule has 1 amide bonds. The maximum atomic E-state index is 15.1. The molecule has 1 fully saturated rings. The number of hydrogen-bond acceptors (Lipinski definition) is 3. The van der Waals surface area contributed by atoms with E-state index < -0.39 is 11.7 Å². The van der Waals surface area contributed by atoms with Gasteiger partial charge < -0.3 is 10.3 Å². The highest BCUT2D eigenvalue weighted by Crippen LogP contribution is 2.37. The maximum absolute atomic E-state index is 15.1. The van der Waals surface area contributed by atoms with Gasteiger partial charge in [0.2, 0.25) is 0 Å². The van der Waals surface area contributed by atoms with Gasteiger partial charge in [0.1, 0.15) is 18.2 Å². The minimum absolute atomic E-state index is 0.0629. The van der Waals surface area contributed by atoms with Crippen LogP contribution in [0, 0.1) is 11.6 Å². The third-order valence-corrected chi connectivity index (χ3v) is 5.62. The van der Waals surface area contributed by atoms with Gasteiger partial charge in [-0.15, -0.1) is 0 Å². The monoisotopic (exact) mass is 383 g/mol. The van der Waals surface area contributed by atoms with Crippen LogP contribution >= 0.6 is 0 Å². The fourth-order valence-corrected chi connectivity index (χ4v) is 4.27. The number of amides is 1. The van der Waals surface area contributed by atoms with Gasteiger partial charge in [0, 0.05) is 28.6 Å². The van der Waals surface area contributed by atoms with E-state index in [1.807, 2.05) is 6.07 Å². The lowest BCUT2D eigenvalue weighted by Crippen LogP contribution is -2.28. The van der Waals surface area contributed by atoms with Crippen molar-refractivity contribution in [1.82, 2.24) is 15.8 Å². The molecular formula is C21H19F2N3O2. The Balaban J connectivity index is 1.64. The molecule has 7 heteroatoms. The molecule has 5 nitrogen and oxygen atoms in total. The summed E-state index contributed by atoms with van der Waals surface area (Å²) in [6, 6.07) is 7.74. The van der Waals surface area contributed by atoms with Crippen molar-refractivity contribution < 1.29 is 18.4 Å². The average molecular weight is 383 g/mol. The van der Waals surface area contributed by atoms with E-state index in [1.54, 1.807) is 12.1 Å². The number of aromatic nitrogens is 1. The number of aromatic amines is 1. The molecule has 1 atom stereocenters. The zero-order valence-corrected chi connectivity index (χ0v) is 15.1. The van der Waals surface area contributed by atoms with E-state index in [1.165, 1.54) is 12.1 Å². The van der Waals surface area contributed by atoms with Gasteiger partial charge in [-0.3, -0.25) is 9.63 Å². The van der Waals surface area contributed by atoms with Crippen LogP contribution in [-0.4, -0.2) is 24.0 Å². The van der Waals surface area contributed by atoms with Crippen LogP contribution in [0.4, 0.5) is 8.78 Å². The molecule has 144 valence electrons. The Morgan fingerprint density at radius 2 is 2.00 bits per heavy atom. The normalized spacial score (nSPS) is 19.5. The summed E-state index contributed by atoms with van der Waals surface area (Å²) in [5.74, 6) is -1.11. The molecule has 28 heavy (non-hydrogen) atoms. The van der Waals surface area contributed by atoms with Crippen LogP contribution in [0.25, 0.3) is 22.2 Å². The van der Waals surface area contributed by atoms with Crippen LogP contribution in [0.5, 0.6) is 0 Å². The number of halogens is 2. The molecule has 1 saturated heterocycles. The van der Waals surface area contributed by atoms with E-state index in [-0.39, 0.29) is 18.0 Å². The van der Waals surface area contributed by atoms with Crippen molar-refractivity contribution in [3.63, 3.8) is 0 Å². The Bertz CT molecular complexity index is 1090. The molecule has 3 heterocycles. The number of hydrogen-bond donors (Lipinski definition) is 3. The van der Waals surface area contributed by atoms with Crippen molar-refractivity contribution in [1.29, 1.82) is 0 Å². The molecule has 2 aliphatic heterocycles. The summed E-state index contributed by atoms with van der Waals surface area (Å²) < 4.78 is 29.0. The topological polar surface area (TPSA) is 66.2 Å². The second-order valence-electron chi connectivity index (χ2n) is 7.36. The van der Waals surface area contributed by atoms with Gasteiger partial charge in [-0.2, -0.15) is 0 Å². The highest BCUT2D eigenvalue weighted by atomic mass is 19.1. The highest BCUT2D eigenvalue weighted by Gasteiger charge is 2.25. The van der Waals surface area contributed by atoms with Crippen LogP contribution in [0.3, 0.4) is 0 Å². The number of rotatable bonds is 2. The highest BCUT2D eigenvalue weighted by molar-refractivity contribution is 6.09. The molecule has 3 aromatic rings. The Morgan fingerprint density at radius 1 is 1.11 bits per heavy atom. The largest absolute Gasteiger partial charge is 0.354 e. The van der Waals surface area contributed by atoms with Crippen LogP contribution in [0.1, 0.15) is 40.2 Å². The first-order chi connectivity index (χ1) is 13.6. The molecule has 3 N–H and O–H groups in total. The summed E-state index contributed by atoms with van der Waals surface area (Å²) in [4.78, 5) is 20.5. The molecule has 0 unspecified atom stereocenters. The number of benzene rings is 2. The minimum atomic E-state index is -0.542. The van der Waals surface area contributed by atoms with Crippen LogP contribution < -0.4 is 10.8 Å². The zero-order valence-electron chi connectivity index (χ0n) is 15.1. The lowest BCUT2D eigenvalue weighted by Gasteiger charge is -2.23. The summed E-state index contributed by atoms with van der Waals surface area (Å²) in [5.41, 5.74) is 5.39. The molecule has 0 spiro atoms. The number of nitrogens with one attached hydrogen (secondary N) is 3. The number of carbonyl (C=O) groups is 1. The summed E-state index contributed by atoms with van der Waals surface area (Å²) in [5, 5.41) is 3.91. The summed E-state index contributed by atoms with van der Waals surface area (Å²) in [7, 11) is 0. The molecule has 2 aliphatic rings. The maximum Gasteiger partial charge on any atom is 0.275 e. The van der Waals surface area contributed by atoms with Crippen molar-refractivity contribution in [2.75, 3.05) is 13.1 Å². The molecular weight excluding hydrogens is 364 g/mol. The minimum Gasteiger partial charge on any atom is -0.354 e. The molecule has 0 radical (unpaired) electrons. The van der Waals surface area contributed by atoms with Crippen molar-refractivity contribution in [3.05, 3.63) is 58.7 Å². The first-order valence-electron chi connectivity index (χ1n) is 9.38. The van der Waals surface area contributed by atoms with Gasteiger partial charge in [-0.25, -0.2) is 14.3 Å². The number of H-pyrrole nitrogens is 1. The van der Waals surface area contributed by atoms with Crippen molar-refractivity contribution >= 4 is 16.8 Å². The Labute approximate surface area is 160 Å².